The van der Waals surface area contributed by atoms with Crippen molar-refractivity contribution >= 4 is 6.29 Å². The quantitative estimate of drug-likeness (QED) is 0.759. The second-order valence-corrected chi connectivity index (χ2v) is 3.84. The van der Waals surface area contributed by atoms with Crippen molar-refractivity contribution in [2.75, 3.05) is 0 Å². The molecule has 0 saturated heterocycles. The van der Waals surface area contributed by atoms with Gasteiger partial charge in [0, 0.05) is 18.8 Å². The summed E-state index contributed by atoms with van der Waals surface area (Å²) in [4.78, 5) is 14.3. The van der Waals surface area contributed by atoms with Crippen molar-refractivity contribution in [3.05, 3.63) is 47.8 Å². The van der Waals surface area contributed by atoms with Crippen LogP contribution in [0.15, 0.2) is 30.6 Å². The van der Waals surface area contributed by atoms with Gasteiger partial charge in [0.25, 0.3) is 0 Å². The Labute approximate surface area is 98.9 Å². The summed E-state index contributed by atoms with van der Waals surface area (Å²) < 4.78 is 15.6. The van der Waals surface area contributed by atoms with E-state index in [2.05, 4.69) is 4.98 Å². The molecule has 2 aromatic rings. The molecule has 0 fully saturated rings. The SMILES string of the molecule is Cc1nccn1-c1ccc(CCC=O)cc1F. The van der Waals surface area contributed by atoms with Crippen molar-refractivity contribution in [1.29, 1.82) is 0 Å². The van der Waals surface area contributed by atoms with Crippen molar-refractivity contribution in [3.63, 3.8) is 0 Å². The first-order valence-electron chi connectivity index (χ1n) is 5.45. The minimum absolute atomic E-state index is 0.297. The van der Waals surface area contributed by atoms with Crippen LogP contribution in [-0.4, -0.2) is 15.8 Å². The highest BCUT2D eigenvalue weighted by Gasteiger charge is 2.07. The van der Waals surface area contributed by atoms with Crippen LogP contribution in [0.25, 0.3) is 5.69 Å². The van der Waals surface area contributed by atoms with E-state index < -0.39 is 0 Å². The predicted molar refractivity (Wildman–Crippen MR) is 62.6 cm³/mol. The summed E-state index contributed by atoms with van der Waals surface area (Å²) in [7, 11) is 0. The average Bonchev–Trinajstić information content (AvgIpc) is 2.73. The second-order valence-electron chi connectivity index (χ2n) is 3.84. The lowest BCUT2D eigenvalue weighted by atomic mass is 10.1. The van der Waals surface area contributed by atoms with Gasteiger partial charge in [-0.25, -0.2) is 9.37 Å². The number of carbonyl (C=O) groups excluding carboxylic acids is 1. The van der Waals surface area contributed by atoms with E-state index in [1.165, 1.54) is 6.07 Å². The van der Waals surface area contributed by atoms with Crippen LogP contribution >= 0.6 is 0 Å². The predicted octanol–water partition coefficient (Wildman–Crippen LogP) is 2.45. The molecule has 2 rings (SSSR count). The lowest BCUT2D eigenvalue weighted by molar-refractivity contribution is -0.107. The minimum atomic E-state index is -0.297. The van der Waals surface area contributed by atoms with E-state index in [1.807, 2.05) is 13.0 Å². The number of nitrogens with zero attached hydrogens (tertiary/aromatic N) is 2. The first-order valence-corrected chi connectivity index (χ1v) is 5.45. The smallest absolute Gasteiger partial charge is 0.147 e. The normalized spacial score (nSPS) is 10.5. The molecule has 4 heteroatoms. The van der Waals surface area contributed by atoms with E-state index in [0.29, 0.717) is 18.5 Å². The minimum Gasteiger partial charge on any atom is -0.303 e. The van der Waals surface area contributed by atoms with Crippen LogP contribution in [0.1, 0.15) is 17.8 Å². The fourth-order valence-electron chi connectivity index (χ4n) is 1.76. The standard InChI is InChI=1S/C13H13FN2O/c1-10-15-6-7-16(10)13-5-4-11(3-2-8-17)9-12(13)14/h4-9H,2-3H2,1H3. The van der Waals surface area contributed by atoms with Gasteiger partial charge in [0.1, 0.15) is 17.9 Å². The zero-order valence-corrected chi connectivity index (χ0v) is 9.56. The summed E-state index contributed by atoms with van der Waals surface area (Å²) in [5.74, 6) is 0.444. The third-order valence-electron chi connectivity index (χ3n) is 2.65. The maximum absolute atomic E-state index is 13.9. The van der Waals surface area contributed by atoms with Crippen LogP contribution in [0.5, 0.6) is 0 Å². The van der Waals surface area contributed by atoms with Gasteiger partial charge < -0.3 is 9.36 Å². The molecule has 0 bridgehead atoms. The van der Waals surface area contributed by atoms with E-state index >= 15 is 0 Å². The van der Waals surface area contributed by atoms with Crippen LogP contribution in [-0.2, 0) is 11.2 Å². The summed E-state index contributed by atoms with van der Waals surface area (Å²) in [6.07, 6.45) is 5.19. The Morgan fingerprint density at radius 3 is 2.88 bits per heavy atom. The van der Waals surface area contributed by atoms with Crippen molar-refractivity contribution in [1.82, 2.24) is 9.55 Å². The number of rotatable bonds is 4. The van der Waals surface area contributed by atoms with Gasteiger partial charge in [-0.3, -0.25) is 0 Å². The highest BCUT2D eigenvalue weighted by Crippen LogP contribution is 2.17. The molecule has 1 heterocycles. The summed E-state index contributed by atoms with van der Waals surface area (Å²) >= 11 is 0. The van der Waals surface area contributed by atoms with Crippen LogP contribution in [0.3, 0.4) is 0 Å². The number of hydrogen-bond donors (Lipinski definition) is 0. The lowest BCUT2D eigenvalue weighted by Gasteiger charge is -2.08. The number of carbonyl (C=O) groups is 1. The molecule has 0 aliphatic rings. The molecule has 0 spiro atoms. The molecule has 17 heavy (non-hydrogen) atoms. The Morgan fingerprint density at radius 1 is 1.47 bits per heavy atom. The molecular weight excluding hydrogens is 219 g/mol. The first-order chi connectivity index (χ1) is 8.22. The number of halogens is 1. The fourth-order valence-corrected chi connectivity index (χ4v) is 1.76. The van der Waals surface area contributed by atoms with Gasteiger partial charge in [0.15, 0.2) is 0 Å². The molecule has 0 radical (unpaired) electrons. The Morgan fingerprint density at radius 2 is 2.29 bits per heavy atom. The molecule has 0 unspecified atom stereocenters. The summed E-state index contributed by atoms with van der Waals surface area (Å²) in [5, 5.41) is 0. The molecule has 0 amide bonds. The van der Waals surface area contributed by atoms with E-state index in [-0.39, 0.29) is 5.82 Å². The van der Waals surface area contributed by atoms with Crippen molar-refractivity contribution in [2.24, 2.45) is 0 Å². The van der Waals surface area contributed by atoms with E-state index in [1.54, 1.807) is 23.0 Å². The van der Waals surface area contributed by atoms with E-state index in [9.17, 15) is 9.18 Å². The first kappa shape index (κ1) is 11.5. The van der Waals surface area contributed by atoms with Gasteiger partial charge in [-0.2, -0.15) is 0 Å². The zero-order valence-electron chi connectivity index (χ0n) is 9.56. The Bertz CT molecular complexity index is 534. The Hall–Kier alpha value is -1.97. The number of aromatic nitrogens is 2. The molecule has 0 aliphatic carbocycles. The van der Waals surface area contributed by atoms with Crippen LogP contribution in [0.4, 0.5) is 4.39 Å². The summed E-state index contributed by atoms with van der Waals surface area (Å²) in [5.41, 5.74) is 1.31. The summed E-state index contributed by atoms with van der Waals surface area (Å²) in [6.45, 7) is 1.82. The molecule has 1 aromatic heterocycles. The molecule has 0 atom stereocenters. The Kier molecular flexibility index (Phi) is 3.32. The second kappa shape index (κ2) is 4.91. The third-order valence-corrected chi connectivity index (χ3v) is 2.65. The lowest BCUT2D eigenvalue weighted by Crippen LogP contribution is -2.00. The van der Waals surface area contributed by atoms with Gasteiger partial charge in [0.2, 0.25) is 0 Å². The Balaban J connectivity index is 2.32. The number of imidazole rings is 1. The molecule has 3 nitrogen and oxygen atoms in total. The molecule has 0 saturated carbocycles. The van der Waals surface area contributed by atoms with Crippen LogP contribution in [0.2, 0.25) is 0 Å². The highest BCUT2D eigenvalue weighted by molar-refractivity contribution is 5.50. The van der Waals surface area contributed by atoms with Crippen molar-refractivity contribution < 1.29 is 9.18 Å². The maximum atomic E-state index is 13.9. The summed E-state index contributed by atoms with van der Waals surface area (Å²) in [6, 6.07) is 5.02. The van der Waals surface area contributed by atoms with E-state index in [4.69, 9.17) is 0 Å². The third kappa shape index (κ3) is 2.41. The number of aryl methyl sites for hydroxylation is 2. The molecule has 0 N–H and O–H groups in total. The molecule has 1 aromatic carbocycles. The van der Waals surface area contributed by atoms with Crippen LogP contribution in [0, 0.1) is 12.7 Å². The van der Waals surface area contributed by atoms with Crippen LogP contribution < -0.4 is 0 Å². The van der Waals surface area contributed by atoms with Gasteiger partial charge in [-0.15, -0.1) is 0 Å². The molecule has 88 valence electrons. The number of hydrogen-bond acceptors (Lipinski definition) is 2. The van der Waals surface area contributed by atoms with Gasteiger partial charge in [-0.1, -0.05) is 6.07 Å². The monoisotopic (exact) mass is 232 g/mol. The topological polar surface area (TPSA) is 34.9 Å². The fraction of sp³-hybridized carbons (Fsp3) is 0.231. The largest absolute Gasteiger partial charge is 0.303 e. The zero-order chi connectivity index (χ0) is 12.3. The average molecular weight is 232 g/mol. The number of benzene rings is 1. The van der Waals surface area contributed by atoms with Gasteiger partial charge in [0.05, 0.1) is 5.69 Å². The molecule has 0 aliphatic heterocycles. The maximum Gasteiger partial charge on any atom is 0.147 e. The van der Waals surface area contributed by atoms with Gasteiger partial charge >= 0.3 is 0 Å². The van der Waals surface area contributed by atoms with Crippen molar-refractivity contribution in [2.45, 2.75) is 19.8 Å². The molecular formula is C13H13FN2O. The van der Waals surface area contributed by atoms with E-state index in [0.717, 1.165) is 17.7 Å². The van der Waals surface area contributed by atoms with Crippen molar-refractivity contribution in [3.8, 4) is 5.69 Å². The highest BCUT2D eigenvalue weighted by atomic mass is 19.1. The van der Waals surface area contributed by atoms with Gasteiger partial charge in [-0.05, 0) is 31.0 Å². The number of aldehydes is 1.